The zero-order chi connectivity index (χ0) is 9.47. The van der Waals surface area contributed by atoms with Crippen LogP contribution in [0.4, 0.5) is 0 Å². The summed E-state index contributed by atoms with van der Waals surface area (Å²) in [5, 5.41) is 0. The molecule has 0 fully saturated rings. The molecule has 0 aliphatic heterocycles. The van der Waals surface area contributed by atoms with Gasteiger partial charge in [-0.2, -0.15) is 0 Å². The summed E-state index contributed by atoms with van der Waals surface area (Å²) in [6.45, 7) is 7.48. The third kappa shape index (κ3) is 1.67. The lowest BCUT2D eigenvalue weighted by atomic mass is 9.93. The molecule has 0 N–H and O–H groups in total. The molecule has 0 radical (unpaired) electrons. The van der Waals surface area contributed by atoms with Crippen LogP contribution >= 0.6 is 0 Å². The van der Waals surface area contributed by atoms with Crippen LogP contribution < -0.4 is 0 Å². The van der Waals surface area contributed by atoms with E-state index in [0.29, 0.717) is 0 Å². The first-order chi connectivity index (χ1) is 6.09. The second kappa shape index (κ2) is 3.12. The topological polar surface area (TPSA) is 0 Å². The Kier molecular flexibility index (Phi) is 2.23. The van der Waals surface area contributed by atoms with E-state index < -0.39 is 8.07 Å². The fourth-order valence-electron chi connectivity index (χ4n) is 2.64. The van der Waals surface area contributed by atoms with Gasteiger partial charge in [0.05, 0.1) is 8.07 Å². The van der Waals surface area contributed by atoms with Crippen molar-refractivity contribution in [3.8, 4) is 0 Å². The van der Waals surface area contributed by atoms with E-state index in [1.165, 1.54) is 25.7 Å². The van der Waals surface area contributed by atoms with Gasteiger partial charge in [-0.3, -0.25) is 0 Å². The molecular formula is C12H20Si. The van der Waals surface area contributed by atoms with Gasteiger partial charge in [-0.05, 0) is 36.8 Å². The van der Waals surface area contributed by atoms with Crippen LogP contribution in [0.2, 0.25) is 25.2 Å². The zero-order valence-electron chi connectivity index (χ0n) is 9.06. The lowest BCUT2D eigenvalue weighted by molar-refractivity contribution is 0.678. The summed E-state index contributed by atoms with van der Waals surface area (Å²) in [6.07, 6.45) is 10.5. The van der Waals surface area contributed by atoms with Gasteiger partial charge in [0.2, 0.25) is 0 Å². The first kappa shape index (κ1) is 9.26. The van der Waals surface area contributed by atoms with Crippen molar-refractivity contribution in [3.05, 3.63) is 23.3 Å². The van der Waals surface area contributed by atoms with Crippen LogP contribution in [0.3, 0.4) is 0 Å². The Balaban J connectivity index is 2.26. The number of hydrogen-bond donors (Lipinski definition) is 0. The summed E-state index contributed by atoms with van der Waals surface area (Å²) in [7, 11) is -0.977. The maximum Gasteiger partial charge on any atom is 0.0561 e. The Morgan fingerprint density at radius 2 is 1.85 bits per heavy atom. The monoisotopic (exact) mass is 192 g/mol. The van der Waals surface area contributed by atoms with E-state index in [-0.39, 0.29) is 0 Å². The molecule has 0 saturated carbocycles. The van der Waals surface area contributed by atoms with Gasteiger partial charge in [-0.1, -0.05) is 37.4 Å². The Labute approximate surface area is 82.7 Å². The van der Waals surface area contributed by atoms with Crippen molar-refractivity contribution in [2.45, 2.75) is 50.9 Å². The molecule has 0 nitrogen and oxygen atoms in total. The predicted molar refractivity (Wildman–Crippen MR) is 61.7 cm³/mol. The van der Waals surface area contributed by atoms with Crippen LogP contribution in [0.15, 0.2) is 23.3 Å². The highest BCUT2D eigenvalue weighted by Crippen LogP contribution is 2.44. The molecule has 0 aromatic carbocycles. The average Bonchev–Trinajstić information content (AvgIpc) is 2.45. The predicted octanol–water partition coefficient (Wildman–Crippen LogP) is 4.14. The molecule has 0 aromatic heterocycles. The summed E-state index contributed by atoms with van der Waals surface area (Å²) >= 11 is 0. The second-order valence-electron chi connectivity index (χ2n) is 5.46. The number of rotatable bonds is 1. The summed E-state index contributed by atoms with van der Waals surface area (Å²) < 4.78 is 0. The van der Waals surface area contributed by atoms with Crippen molar-refractivity contribution >= 4 is 8.07 Å². The second-order valence-corrected chi connectivity index (χ2v) is 10.8. The lowest BCUT2D eigenvalue weighted by Gasteiger charge is -2.28. The summed E-state index contributed by atoms with van der Waals surface area (Å²) in [6, 6.07) is 0. The highest BCUT2D eigenvalue weighted by atomic mass is 28.3. The van der Waals surface area contributed by atoms with E-state index in [1.807, 2.05) is 5.57 Å². The van der Waals surface area contributed by atoms with Gasteiger partial charge in [0.1, 0.15) is 0 Å². The minimum absolute atomic E-state index is 0.864. The van der Waals surface area contributed by atoms with Crippen molar-refractivity contribution < 1.29 is 0 Å². The Hall–Kier alpha value is -0.303. The molecule has 2 rings (SSSR count). The van der Waals surface area contributed by atoms with Crippen LogP contribution in [0.1, 0.15) is 25.7 Å². The van der Waals surface area contributed by atoms with Crippen LogP contribution in [0, 0.1) is 0 Å². The van der Waals surface area contributed by atoms with Gasteiger partial charge in [0.25, 0.3) is 0 Å². The van der Waals surface area contributed by atoms with Gasteiger partial charge >= 0.3 is 0 Å². The van der Waals surface area contributed by atoms with E-state index in [9.17, 15) is 0 Å². The SMILES string of the molecule is C[Si](C)(C)C1C=CC2=C1CCCC2. The molecule has 13 heavy (non-hydrogen) atoms. The van der Waals surface area contributed by atoms with E-state index >= 15 is 0 Å². The highest BCUT2D eigenvalue weighted by Gasteiger charge is 2.32. The Morgan fingerprint density at radius 1 is 1.15 bits per heavy atom. The normalized spacial score (nSPS) is 28.1. The minimum Gasteiger partial charge on any atom is -0.0798 e. The van der Waals surface area contributed by atoms with E-state index in [0.717, 1.165) is 5.54 Å². The quantitative estimate of drug-likeness (QED) is 0.548. The molecule has 0 saturated heterocycles. The van der Waals surface area contributed by atoms with E-state index in [4.69, 9.17) is 0 Å². The molecule has 0 spiro atoms. The number of allylic oxidation sites excluding steroid dienone is 4. The molecule has 0 heterocycles. The molecular weight excluding hydrogens is 172 g/mol. The van der Waals surface area contributed by atoms with Gasteiger partial charge in [0, 0.05) is 0 Å². The van der Waals surface area contributed by atoms with Crippen molar-refractivity contribution in [2.75, 3.05) is 0 Å². The van der Waals surface area contributed by atoms with Gasteiger partial charge in [-0.25, -0.2) is 0 Å². The molecule has 1 atom stereocenters. The van der Waals surface area contributed by atoms with Crippen molar-refractivity contribution in [1.29, 1.82) is 0 Å². The van der Waals surface area contributed by atoms with Gasteiger partial charge in [-0.15, -0.1) is 0 Å². The molecule has 0 bridgehead atoms. The first-order valence-corrected chi connectivity index (χ1v) is 9.07. The zero-order valence-corrected chi connectivity index (χ0v) is 10.1. The van der Waals surface area contributed by atoms with Crippen LogP contribution in [0.5, 0.6) is 0 Å². The van der Waals surface area contributed by atoms with Gasteiger partial charge in [0.15, 0.2) is 0 Å². The largest absolute Gasteiger partial charge is 0.0798 e. The lowest BCUT2D eigenvalue weighted by Crippen LogP contribution is -2.27. The number of hydrogen-bond acceptors (Lipinski definition) is 0. The maximum atomic E-state index is 2.49. The minimum atomic E-state index is -0.977. The Bertz CT molecular complexity index is 265. The molecule has 1 unspecified atom stereocenters. The molecule has 72 valence electrons. The fraction of sp³-hybridized carbons (Fsp3) is 0.667. The van der Waals surface area contributed by atoms with Crippen LogP contribution in [-0.2, 0) is 0 Å². The van der Waals surface area contributed by atoms with Crippen LogP contribution in [0.25, 0.3) is 0 Å². The van der Waals surface area contributed by atoms with Crippen LogP contribution in [-0.4, -0.2) is 8.07 Å². The van der Waals surface area contributed by atoms with E-state index in [2.05, 4.69) is 31.8 Å². The molecule has 1 heteroatoms. The highest BCUT2D eigenvalue weighted by molar-refractivity contribution is 6.78. The summed E-state index contributed by atoms with van der Waals surface area (Å²) in [5.74, 6) is 0. The average molecular weight is 192 g/mol. The smallest absolute Gasteiger partial charge is 0.0561 e. The fourth-order valence-corrected chi connectivity index (χ4v) is 4.69. The van der Waals surface area contributed by atoms with Crippen molar-refractivity contribution in [3.63, 3.8) is 0 Å². The summed E-state index contributed by atoms with van der Waals surface area (Å²) in [4.78, 5) is 0. The van der Waals surface area contributed by atoms with Crippen molar-refractivity contribution in [1.82, 2.24) is 0 Å². The molecule has 0 amide bonds. The third-order valence-corrected chi connectivity index (χ3v) is 5.76. The first-order valence-electron chi connectivity index (χ1n) is 5.49. The standard InChI is InChI=1S/C12H20Si/c1-13(2,3)12-9-8-10-6-4-5-7-11(10)12/h8-9,12H,4-7H2,1-3H3. The molecule has 2 aliphatic carbocycles. The Morgan fingerprint density at radius 3 is 2.54 bits per heavy atom. The molecule has 2 aliphatic rings. The third-order valence-electron chi connectivity index (χ3n) is 3.35. The van der Waals surface area contributed by atoms with Gasteiger partial charge < -0.3 is 0 Å². The maximum absolute atomic E-state index is 2.49. The summed E-state index contributed by atoms with van der Waals surface area (Å²) in [5.41, 5.74) is 4.37. The van der Waals surface area contributed by atoms with Crippen molar-refractivity contribution in [2.24, 2.45) is 0 Å². The van der Waals surface area contributed by atoms with E-state index in [1.54, 1.807) is 5.57 Å². The molecule has 0 aromatic rings.